The summed E-state index contributed by atoms with van der Waals surface area (Å²) in [7, 11) is 5.12. The molecule has 0 N–H and O–H groups in total. The van der Waals surface area contributed by atoms with Gasteiger partial charge in [0, 0.05) is 0 Å². The van der Waals surface area contributed by atoms with E-state index in [0.29, 0.717) is 0 Å². The highest BCUT2D eigenvalue weighted by molar-refractivity contribution is 6.53. The van der Waals surface area contributed by atoms with Crippen LogP contribution in [0.2, 0.25) is 0 Å². The van der Waals surface area contributed by atoms with E-state index in [2.05, 4.69) is 49.3 Å². The van der Waals surface area contributed by atoms with Crippen molar-refractivity contribution in [2.45, 2.75) is 0 Å². The predicted octanol–water partition coefficient (Wildman–Crippen LogP) is 0.535. The molecule has 0 saturated heterocycles. The molecule has 0 unspecified atom stereocenters. The first-order valence-electron chi connectivity index (χ1n) is 3.72. The average molecular weight is 163 g/mol. The predicted molar refractivity (Wildman–Crippen MR) is 50.4 cm³/mol. The third-order valence-electron chi connectivity index (χ3n) is 1.37. The standard InChI is InChI=1S/C9H13NSi/c1-10(2)8-11-9-6-4-3-5-7-9/h3-7H,8H2,1-2H3. The molecule has 1 aromatic carbocycles. The monoisotopic (exact) mass is 163 g/mol. The summed E-state index contributed by atoms with van der Waals surface area (Å²) in [5.41, 5.74) is 0. The van der Waals surface area contributed by atoms with Crippen molar-refractivity contribution in [1.29, 1.82) is 0 Å². The number of hydrogen-bond donors (Lipinski definition) is 0. The summed E-state index contributed by atoms with van der Waals surface area (Å²) in [6.07, 6.45) is 1.16. The lowest BCUT2D eigenvalue weighted by Crippen LogP contribution is -2.27. The van der Waals surface area contributed by atoms with Crippen LogP contribution in [0.3, 0.4) is 0 Å². The first-order valence-corrected chi connectivity index (χ1v) is 4.93. The van der Waals surface area contributed by atoms with E-state index in [1.807, 2.05) is 0 Å². The highest BCUT2D eigenvalue weighted by Gasteiger charge is 1.93. The fraction of sp³-hybridized carbons (Fsp3) is 0.333. The zero-order chi connectivity index (χ0) is 8.10. The van der Waals surface area contributed by atoms with Crippen molar-refractivity contribution in [1.82, 2.24) is 4.90 Å². The van der Waals surface area contributed by atoms with Gasteiger partial charge in [-0.15, -0.1) is 0 Å². The molecule has 1 aromatic rings. The molecule has 0 amide bonds. The van der Waals surface area contributed by atoms with Crippen molar-refractivity contribution >= 4 is 14.7 Å². The molecule has 0 aliphatic heterocycles. The molecule has 1 rings (SSSR count). The molecule has 11 heavy (non-hydrogen) atoms. The van der Waals surface area contributed by atoms with Crippen LogP contribution < -0.4 is 5.19 Å². The maximum atomic E-state index is 2.21. The lowest BCUT2D eigenvalue weighted by Gasteiger charge is -2.07. The molecule has 0 bridgehead atoms. The van der Waals surface area contributed by atoms with Crippen LogP contribution in [0.15, 0.2) is 30.3 Å². The maximum absolute atomic E-state index is 2.21. The Balaban J connectivity index is 2.39. The number of hydrogen-bond acceptors (Lipinski definition) is 1. The van der Waals surface area contributed by atoms with E-state index in [9.17, 15) is 0 Å². The molecule has 0 spiro atoms. The minimum absolute atomic E-state index is 0.911. The lowest BCUT2D eigenvalue weighted by atomic mass is 10.4. The normalized spacial score (nSPS) is 10.5. The second-order valence-corrected chi connectivity index (χ2v) is 4.03. The third kappa shape index (κ3) is 3.35. The molecule has 0 aliphatic rings. The van der Waals surface area contributed by atoms with E-state index in [4.69, 9.17) is 0 Å². The van der Waals surface area contributed by atoms with Gasteiger partial charge in [-0.2, -0.15) is 0 Å². The van der Waals surface area contributed by atoms with Gasteiger partial charge in [0.25, 0.3) is 0 Å². The van der Waals surface area contributed by atoms with Crippen LogP contribution >= 0.6 is 0 Å². The molecule has 0 aromatic heterocycles. The van der Waals surface area contributed by atoms with Crippen molar-refractivity contribution in [3.05, 3.63) is 30.3 Å². The SMILES string of the molecule is CN(C)C[Si]c1ccccc1. The highest BCUT2D eigenvalue weighted by Crippen LogP contribution is 1.81. The minimum Gasteiger partial charge on any atom is -0.312 e. The summed E-state index contributed by atoms with van der Waals surface area (Å²) in [5.74, 6) is 0. The quantitative estimate of drug-likeness (QED) is 0.588. The van der Waals surface area contributed by atoms with Crippen molar-refractivity contribution in [2.24, 2.45) is 0 Å². The zero-order valence-electron chi connectivity index (χ0n) is 7.04. The Morgan fingerprint density at radius 2 is 1.82 bits per heavy atom. The molecule has 0 heterocycles. The molecule has 2 radical (unpaired) electrons. The van der Waals surface area contributed by atoms with Gasteiger partial charge in [0.15, 0.2) is 0 Å². The fourth-order valence-electron chi connectivity index (χ4n) is 0.805. The van der Waals surface area contributed by atoms with Crippen molar-refractivity contribution in [3.63, 3.8) is 0 Å². The first kappa shape index (κ1) is 8.49. The summed E-state index contributed by atoms with van der Waals surface area (Å²) in [5, 5.41) is 1.45. The van der Waals surface area contributed by atoms with Gasteiger partial charge in [0.2, 0.25) is 0 Å². The van der Waals surface area contributed by atoms with Crippen molar-refractivity contribution in [3.8, 4) is 0 Å². The summed E-state index contributed by atoms with van der Waals surface area (Å²) in [6, 6.07) is 10.6. The number of nitrogens with zero attached hydrogens (tertiary/aromatic N) is 1. The summed E-state index contributed by atoms with van der Waals surface area (Å²) >= 11 is 0. The van der Waals surface area contributed by atoms with Crippen LogP contribution in [0, 0.1) is 0 Å². The maximum Gasteiger partial charge on any atom is 0.0979 e. The summed E-state index contributed by atoms with van der Waals surface area (Å²) in [6.45, 7) is 0. The Kier molecular flexibility index (Phi) is 3.33. The van der Waals surface area contributed by atoms with Crippen LogP contribution in [-0.4, -0.2) is 34.7 Å². The summed E-state index contributed by atoms with van der Waals surface area (Å²) < 4.78 is 0. The van der Waals surface area contributed by atoms with Crippen molar-refractivity contribution in [2.75, 3.05) is 20.3 Å². The lowest BCUT2D eigenvalue weighted by molar-refractivity contribution is 0.478. The van der Waals surface area contributed by atoms with E-state index in [0.717, 1.165) is 15.7 Å². The van der Waals surface area contributed by atoms with Crippen LogP contribution in [0.25, 0.3) is 0 Å². The van der Waals surface area contributed by atoms with Gasteiger partial charge in [-0.25, -0.2) is 0 Å². The second kappa shape index (κ2) is 4.31. The van der Waals surface area contributed by atoms with Gasteiger partial charge in [0.05, 0.1) is 9.52 Å². The van der Waals surface area contributed by atoms with Crippen LogP contribution in [0.4, 0.5) is 0 Å². The van der Waals surface area contributed by atoms with Gasteiger partial charge in [-0.1, -0.05) is 35.5 Å². The fourth-order valence-corrected chi connectivity index (χ4v) is 1.73. The first-order chi connectivity index (χ1) is 5.29. The number of benzene rings is 1. The van der Waals surface area contributed by atoms with Gasteiger partial charge in [-0.3, -0.25) is 0 Å². The molecular formula is C9H13NSi. The Morgan fingerprint density at radius 1 is 1.18 bits per heavy atom. The van der Waals surface area contributed by atoms with E-state index >= 15 is 0 Å². The van der Waals surface area contributed by atoms with Crippen LogP contribution in [0.1, 0.15) is 0 Å². The van der Waals surface area contributed by atoms with Gasteiger partial charge >= 0.3 is 0 Å². The Bertz CT molecular complexity index is 196. The van der Waals surface area contributed by atoms with Gasteiger partial charge in [-0.05, 0) is 20.3 Å². The smallest absolute Gasteiger partial charge is 0.0979 e. The third-order valence-corrected chi connectivity index (χ3v) is 2.91. The van der Waals surface area contributed by atoms with E-state index in [1.165, 1.54) is 5.19 Å². The minimum atomic E-state index is 0.911. The Hall–Kier alpha value is -0.603. The number of rotatable bonds is 3. The van der Waals surface area contributed by atoms with Gasteiger partial charge in [0.1, 0.15) is 0 Å². The largest absolute Gasteiger partial charge is 0.312 e. The van der Waals surface area contributed by atoms with E-state index in [1.54, 1.807) is 0 Å². The average Bonchev–Trinajstić information content (AvgIpc) is 2.03. The highest BCUT2D eigenvalue weighted by atomic mass is 28.2. The van der Waals surface area contributed by atoms with Crippen LogP contribution in [-0.2, 0) is 0 Å². The molecule has 58 valence electrons. The Morgan fingerprint density at radius 3 is 2.36 bits per heavy atom. The van der Waals surface area contributed by atoms with Crippen molar-refractivity contribution < 1.29 is 0 Å². The van der Waals surface area contributed by atoms with E-state index in [-0.39, 0.29) is 0 Å². The molecule has 0 saturated carbocycles. The Labute approximate surface area is 70.9 Å². The van der Waals surface area contributed by atoms with Crippen LogP contribution in [0.5, 0.6) is 0 Å². The molecule has 1 nitrogen and oxygen atoms in total. The molecule has 0 fully saturated rings. The van der Waals surface area contributed by atoms with E-state index < -0.39 is 0 Å². The molecular weight excluding hydrogens is 150 g/mol. The van der Waals surface area contributed by atoms with Gasteiger partial charge < -0.3 is 4.90 Å². The molecule has 0 aliphatic carbocycles. The molecule has 0 atom stereocenters. The molecule has 2 heteroatoms. The summed E-state index contributed by atoms with van der Waals surface area (Å²) in [4.78, 5) is 2.21. The second-order valence-electron chi connectivity index (χ2n) is 2.78. The zero-order valence-corrected chi connectivity index (χ0v) is 8.04. The topological polar surface area (TPSA) is 3.24 Å².